The average molecular weight is 473 g/mol. The Kier molecular flexibility index (Phi) is 8.54. The summed E-state index contributed by atoms with van der Waals surface area (Å²) in [5.41, 5.74) is -4.48. The van der Waals surface area contributed by atoms with Crippen molar-refractivity contribution in [2.24, 2.45) is 0 Å². The molecule has 0 heterocycles. The van der Waals surface area contributed by atoms with Gasteiger partial charge >= 0.3 is 5.51 Å². The van der Waals surface area contributed by atoms with Gasteiger partial charge in [-0.3, -0.25) is 0 Å². The molecule has 3 aromatic carbocycles. The molecule has 0 amide bonds. The molecule has 0 aromatic heterocycles. The lowest BCUT2D eigenvalue weighted by atomic mass is 10.2. The number of rotatable bonds is 4. The van der Waals surface area contributed by atoms with Crippen LogP contribution in [0.1, 0.15) is 5.56 Å². The van der Waals surface area contributed by atoms with E-state index in [4.69, 9.17) is 24.6 Å². The van der Waals surface area contributed by atoms with E-state index in [0.717, 1.165) is 10.6 Å². The standard InChI is InChI=1S/C20H16ClS.CHF3O3S/c21-18-13-11-17(12-14-18)15-16-22(19-7-3-1-4-8-19)20-9-5-2-6-10-20;2-1(3,4)8(5,6)7/h1-16H;(H,5,6,7)/q+1;/p-1/b16-15+;. The minimum absolute atomic E-state index is 0.0706. The zero-order valence-corrected chi connectivity index (χ0v) is 17.7. The summed E-state index contributed by atoms with van der Waals surface area (Å²) in [6.07, 6.45) is 2.17. The molecule has 0 bridgehead atoms. The minimum Gasteiger partial charge on any atom is -0.741 e. The molecular weight excluding hydrogens is 457 g/mol. The van der Waals surface area contributed by atoms with Gasteiger partial charge in [-0.25, -0.2) is 8.42 Å². The van der Waals surface area contributed by atoms with E-state index in [0.29, 0.717) is 0 Å². The van der Waals surface area contributed by atoms with Crippen LogP contribution >= 0.6 is 11.6 Å². The molecule has 0 unspecified atom stereocenters. The van der Waals surface area contributed by atoms with Gasteiger partial charge in [0.2, 0.25) is 0 Å². The van der Waals surface area contributed by atoms with E-state index >= 15 is 0 Å². The Bertz CT molecular complexity index is 1010. The van der Waals surface area contributed by atoms with E-state index in [9.17, 15) is 13.2 Å². The van der Waals surface area contributed by atoms with Crippen molar-refractivity contribution in [3.63, 3.8) is 0 Å². The second kappa shape index (κ2) is 10.7. The minimum atomic E-state index is -6.09. The van der Waals surface area contributed by atoms with Crippen molar-refractivity contribution in [1.29, 1.82) is 0 Å². The molecule has 3 rings (SSSR count). The molecule has 0 radical (unpaired) electrons. The molecule has 0 N–H and O–H groups in total. The maximum atomic E-state index is 10.7. The van der Waals surface area contributed by atoms with Crippen molar-refractivity contribution in [1.82, 2.24) is 0 Å². The number of benzene rings is 3. The SMILES string of the molecule is Clc1ccc(/C=C/[S+](c2ccccc2)c2ccccc2)cc1.O=S(=O)([O-])C(F)(F)F. The highest BCUT2D eigenvalue weighted by atomic mass is 35.5. The Labute approximate surface area is 180 Å². The largest absolute Gasteiger partial charge is 0.741 e. The lowest BCUT2D eigenvalue weighted by Crippen LogP contribution is -2.21. The summed E-state index contributed by atoms with van der Waals surface area (Å²) >= 11 is 5.94. The molecule has 30 heavy (non-hydrogen) atoms. The third-order valence-corrected chi connectivity index (χ3v) is 6.33. The molecule has 0 spiro atoms. The average Bonchev–Trinajstić information content (AvgIpc) is 2.70. The molecule has 158 valence electrons. The van der Waals surface area contributed by atoms with Gasteiger partial charge in [-0.15, -0.1) is 0 Å². The monoisotopic (exact) mass is 472 g/mol. The summed E-state index contributed by atoms with van der Waals surface area (Å²) in [6.45, 7) is 0. The van der Waals surface area contributed by atoms with Crippen molar-refractivity contribution in [3.8, 4) is 0 Å². The third-order valence-electron chi connectivity index (χ3n) is 3.54. The van der Waals surface area contributed by atoms with Gasteiger partial charge in [0, 0.05) is 5.02 Å². The first kappa shape index (κ1) is 24.0. The second-order valence-electron chi connectivity index (χ2n) is 5.72. The molecule has 0 aliphatic carbocycles. The second-order valence-corrected chi connectivity index (χ2v) is 9.42. The van der Waals surface area contributed by atoms with Gasteiger partial charge in [0.25, 0.3) is 0 Å². The van der Waals surface area contributed by atoms with E-state index in [-0.39, 0.29) is 10.9 Å². The summed E-state index contributed by atoms with van der Waals surface area (Å²) in [5, 5.41) is 3.04. The van der Waals surface area contributed by atoms with Gasteiger partial charge in [-0.2, -0.15) is 13.2 Å². The molecule has 0 aliphatic rings. The van der Waals surface area contributed by atoms with Crippen LogP contribution in [0.5, 0.6) is 0 Å². The predicted molar refractivity (Wildman–Crippen MR) is 113 cm³/mol. The normalized spacial score (nSPS) is 11.9. The summed E-state index contributed by atoms with van der Waals surface area (Å²) in [7, 11) is -6.16. The van der Waals surface area contributed by atoms with Crippen LogP contribution in [0, 0.1) is 0 Å². The Hall–Kier alpha value is -2.26. The highest BCUT2D eigenvalue weighted by molar-refractivity contribution is 7.99. The van der Waals surface area contributed by atoms with Gasteiger partial charge in [-0.05, 0) is 48.0 Å². The van der Waals surface area contributed by atoms with Crippen LogP contribution < -0.4 is 0 Å². The van der Waals surface area contributed by atoms with Gasteiger partial charge in [0.1, 0.15) is 5.41 Å². The Morgan fingerprint density at radius 1 is 0.800 bits per heavy atom. The molecule has 0 saturated heterocycles. The van der Waals surface area contributed by atoms with Crippen LogP contribution in [0.15, 0.2) is 100 Å². The van der Waals surface area contributed by atoms with E-state index < -0.39 is 15.6 Å². The maximum absolute atomic E-state index is 10.7. The predicted octanol–water partition coefficient (Wildman–Crippen LogP) is 6.10. The summed E-state index contributed by atoms with van der Waals surface area (Å²) in [5.74, 6) is 0. The number of halogens is 4. The number of hydrogen-bond donors (Lipinski definition) is 0. The summed E-state index contributed by atoms with van der Waals surface area (Å²) in [6, 6.07) is 29.1. The van der Waals surface area contributed by atoms with Crippen LogP contribution in [0.3, 0.4) is 0 Å². The van der Waals surface area contributed by atoms with Crippen molar-refractivity contribution in [3.05, 3.63) is 101 Å². The van der Waals surface area contributed by atoms with Crippen LogP contribution in [-0.2, 0) is 21.0 Å². The van der Waals surface area contributed by atoms with Crippen LogP contribution in [0.25, 0.3) is 6.08 Å². The molecule has 0 fully saturated rings. The van der Waals surface area contributed by atoms with Gasteiger partial charge < -0.3 is 4.55 Å². The lowest BCUT2D eigenvalue weighted by Gasteiger charge is -2.08. The molecular formula is C21H16ClF3O3S2. The fourth-order valence-electron chi connectivity index (χ4n) is 2.15. The fourth-order valence-corrected chi connectivity index (χ4v) is 4.05. The Balaban J connectivity index is 0.000000343. The highest BCUT2D eigenvalue weighted by Crippen LogP contribution is 2.25. The first-order chi connectivity index (χ1) is 14.1. The summed E-state index contributed by atoms with van der Waals surface area (Å²) < 4.78 is 58.9. The summed E-state index contributed by atoms with van der Waals surface area (Å²) in [4.78, 5) is 2.64. The van der Waals surface area contributed by atoms with Crippen molar-refractivity contribution in [2.45, 2.75) is 15.3 Å². The van der Waals surface area contributed by atoms with Crippen LogP contribution in [0.2, 0.25) is 5.02 Å². The van der Waals surface area contributed by atoms with E-state index in [1.54, 1.807) is 0 Å². The zero-order chi connectivity index (χ0) is 22.2. The highest BCUT2D eigenvalue weighted by Gasteiger charge is 2.36. The third kappa shape index (κ3) is 7.53. The molecule has 0 saturated carbocycles. The van der Waals surface area contributed by atoms with Gasteiger partial charge in [-0.1, -0.05) is 60.1 Å². The first-order valence-electron chi connectivity index (χ1n) is 8.37. The first-order valence-corrected chi connectivity index (χ1v) is 11.4. The van der Waals surface area contributed by atoms with Crippen LogP contribution in [-0.4, -0.2) is 18.5 Å². The molecule has 0 atom stereocenters. The number of alkyl halides is 3. The molecule has 9 heteroatoms. The smallest absolute Gasteiger partial charge is 0.485 e. The van der Waals surface area contributed by atoms with E-state index in [1.165, 1.54) is 9.79 Å². The molecule has 3 nitrogen and oxygen atoms in total. The van der Waals surface area contributed by atoms with Crippen LogP contribution in [0.4, 0.5) is 13.2 Å². The van der Waals surface area contributed by atoms with Crippen molar-refractivity contribution < 1.29 is 26.1 Å². The molecule has 0 aliphatic heterocycles. The van der Waals surface area contributed by atoms with E-state index in [2.05, 4.69) is 72.1 Å². The maximum Gasteiger partial charge on any atom is 0.485 e. The number of hydrogen-bond acceptors (Lipinski definition) is 3. The lowest BCUT2D eigenvalue weighted by molar-refractivity contribution is -0.0517. The Morgan fingerprint density at radius 2 is 1.20 bits per heavy atom. The zero-order valence-electron chi connectivity index (χ0n) is 15.3. The quantitative estimate of drug-likeness (QED) is 0.262. The van der Waals surface area contributed by atoms with Gasteiger partial charge in [0.15, 0.2) is 19.9 Å². The Morgan fingerprint density at radius 3 is 1.57 bits per heavy atom. The van der Waals surface area contributed by atoms with Gasteiger partial charge in [0.05, 0.1) is 10.9 Å². The fraction of sp³-hybridized carbons (Fsp3) is 0.0476. The molecule has 3 aromatic rings. The topological polar surface area (TPSA) is 57.2 Å². The van der Waals surface area contributed by atoms with Crippen molar-refractivity contribution >= 4 is 38.7 Å². The van der Waals surface area contributed by atoms with Crippen molar-refractivity contribution in [2.75, 3.05) is 0 Å². The van der Waals surface area contributed by atoms with E-state index in [1.807, 2.05) is 24.3 Å².